The van der Waals surface area contributed by atoms with Gasteiger partial charge in [-0.2, -0.15) is 0 Å². The van der Waals surface area contributed by atoms with E-state index >= 15 is 0 Å². The predicted octanol–water partition coefficient (Wildman–Crippen LogP) is 3.66. The van der Waals surface area contributed by atoms with Gasteiger partial charge in [-0.15, -0.1) is 0 Å². The number of carbonyl (C=O) groups excluding carboxylic acids is 3. The van der Waals surface area contributed by atoms with E-state index in [0.717, 1.165) is 12.8 Å². The van der Waals surface area contributed by atoms with Gasteiger partial charge in [0.2, 0.25) is 0 Å². The van der Waals surface area contributed by atoms with Gasteiger partial charge >= 0.3 is 5.97 Å². The van der Waals surface area contributed by atoms with E-state index < -0.39 is 24.4 Å². The van der Waals surface area contributed by atoms with Crippen molar-refractivity contribution < 1.29 is 47.9 Å². The number of rotatable bonds is 6. The van der Waals surface area contributed by atoms with Gasteiger partial charge in [0, 0.05) is 45.5 Å². The highest BCUT2D eigenvalue weighted by atomic mass is 16.7. The van der Waals surface area contributed by atoms with Crippen LogP contribution in [0.1, 0.15) is 72.1 Å². The lowest BCUT2D eigenvalue weighted by molar-refractivity contribution is -0.314. The number of ether oxygens (including phenoxy) is 6. The quantitative estimate of drug-likeness (QED) is 0.434. The second kappa shape index (κ2) is 13.4. The molecule has 6 rings (SSSR count). The highest BCUT2D eigenvalue weighted by Crippen LogP contribution is 2.64. The summed E-state index contributed by atoms with van der Waals surface area (Å²) in [6.07, 6.45) is 3.59. The first kappa shape index (κ1) is 33.2. The molecule has 0 amide bonds. The van der Waals surface area contributed by atoms with Gasteiger partial charge < -0.3 is 33.5 Å². The second-order valence-corrected chi connectivity index (χ2v) is 14.5. The van der Waals surface area contributed by atoms with Crippen LogP contribution in [-0.4, -0.2) is 93.0 Å². The van der Waals surface area contributed by atoms with E-state index in [0.29, 0.717) is 37.7 Å². The van der Waals surface area contributed by atoms with E-state index in [1.165, 1.54) is 0 Å². The van der Waals surface area contributed by atoms with Crippen molar-refractivity contribution >= 4 is 17.5 Å². The van der Waals surface area contributed by atoms with E-state index in [2.05, 4.69) is 6.08 Å². The fourth-order valence-electron chi connectivity index (χ4n) is 10.1. The molecule has 2 saturated heterocycles. The number of hydrogen-bond donors (Lipinski definition) is 1. The summed E-state index contributed by atoms with van der Waals surface area (Å²) in [6, 6.07) is 0. The Morgan fingerprint density at radius 3 is 2.29 bits per heavy atom. The van der Waals surface area contributed by atoms with Crippen LogP contribution in [0.15, 0.2) is 11.6 Å². The topological polar surface area (TPSA) is 127 Å². The average Bonchev–Trinajstić information content (AvgIpc) is 3.58. The summed E-state index contributed by atoms with van der Waals surface area (Å²) in [7, 11) is 4.88. The zero-order valence-electron chi connectivity index (χ0n) is 27.6. The Hall–Kier alpha value is -1.69. The number of carbonyl (C=O) groups is 3. The number of allylic oxidation sites excluding steroid dienone is 2. The molecule has 2 unspecified atom stereocenters. The Kier molecular flexibility index (Phi) is 9.92. The molecule has 1 N–H and O–H groups in total. The summed E-state index contributed by atoms with van der Waals surface area (Å²) in [4.78, 5) is 40.6. The van der Waals surface area contributed by atoms with Crippen LogP contribution in [0.25, 0.3) is 0 Å². The molecule has 16 atom stereocenters. The minimum atomic E-state index is -0.746. The molecule has 0 aromatic rings. The third-order valence-electron chi connectivity index (χ3n) is 12.3. The van der Waals surface area contributed by atoms with Crippen molar-refractivity contribution in [1.29, 1.82) is 0 Å². The van der Waals surface area contributed by atoms with E-state index in [1.807, 2.05) is 20.8 Å². The molecule has 4 aliphatic carbocycles. The number of ketones is 2. The van der Waals surface area contributed by atoms with Crippen LogP contribution in [0.2, 0.25) is 0 Å². The first-order valence-corrected chi connectivity index (χ1v) is 17.2. The fraction of sp³-hybridized carbons (Fsp3) is 0.857. The Bertz CT molecular complexity index is 1150. The first-order chi connectivity index (χ1) is 21.6. The van der Waals surface area contributed by atoms with Crippen LogP contribution in [0.3, 0.4) is 0 Å². The van der Waals surface area contributed by atoms with Crippen molar-refractivity contribution in [2.24, 2.45) is 47.3 Å². The van der Waals surface area contributed by atoms with Crippen LogP contribution in [-0.2, 0) is 42.8 Å². The minimum Gasteiger partial charge on any atom is -0.462 e. The van der Waals surface area contributed by atoms with Gasteiger partial charge in [-0.25, -0.2) is 0 Å². The molecule has 10 heteroatoms. The number of aliphatic hydroxyl groups excluding tert-OH is 1. The molecule has 2 heterocycles. The first-order valence-electron chi connectivity index (χ1n) is 17.2. The van der Waals surface area contributed by atoms with E-state index in [9.17, 15) is 19.5 Å². The largest absolute Gasteiger partial charge is 0.462 e. The lowest BCUT2D eigenvalue weighted by atomic mass is 9.49. The highest BCUT2D eigenvalue weighted by molar-refractivity contribution is 5.99. The fourth-order valence-corrected chi connectivity index (χ4v) is 10.1. The van der Waals surface area contributed by atoms with E-state index in [4.69, 9.17) is 28.4 Å². The summed E-state index contributed by atoms with van der Waals surface area (Å²) in [5, 5.41) is 11.0. The van der Waals surface area contributed by atoms with E-state index in [-0.39, 0.29) is 95.9 Å². The third kappa shape index (κ3) is 5.86. The van der Waals surface area contributed by atoms with Gasteiger partial charge in [-0.1, -0.05) is 19.9 Å². The molecule has 6 aliphatic rings. The van der Waals surface area contributed by atoms with Crippen molar-refractivity contribution in [3.63, 3.8) is 0 Å². The van der Waals surface area contributed by atoms with Gasteiger partial charge in [-0.05, 0) is 80.6 Å². The standard InChI is InChI=1S/C35H52O10/c1-7-18-9-8-10-26(36)16(2)31(39)24-13-22-20-11-19(45-35-34(42-6)33(41-5)32(40-4)17(3)43-35)12-21(20)30-25(14-27(30)37)29(22)23(24)15-28(38)44-18/h13,16-23,25-26,29-30,32-36H,7-12,14-15H2,1-6H3/t16-,17?,18+,19+,20-,21-,22+,23-,25-,26+,29-,30+,32+,33?,34+,35+/m1/s1. The Morgan fingerprint density at radius 2 is 1.62 bits per heavy atom. The molecule has 0 aromatic carbocycles. The number of Topliss-reactive ketones (excluding diaryl/α,β-unsaturated/α-hetero) is 2. The van der Waals surface area contributed by atoms with Crippen LogP contribution in [0.5, 0.6) is 0 Å². The molecule has 0 spiro atoms. The number of aliphatic hydroxyl groups is 1. The van der Waals surface area contributed by atoms with Gasteiger partial charge in [-0.3, -0.25) is 14.4 Å². The molecule has 0 aromatic heterocycles. The zero-order valence-corrected chi connectivity index (χ0v) is 27.6. The van der Waals surface area contributed by atoms with Crippen molar-refractivity contribution in [2.45, 2.75) is 121 Å². The molecular weight excluding hydrogens is 580 g/mol. The number of esters is 1. The van der Waals surface area contributed by atoms with Crippen molar-refractivity contribution in [2.75, 3.05) is 21.3 Å². The van der Waals surface area contributed by atoms with Crippen molar-refractivity contribution in [1.82, 2.24) is 0 Å². The second-order valence-electron chi connectivity index (χ2n) is 14.5. The minimum absolute atomic E-state index is 0.0181. The number of methoxy groups -OCH3 is 3. The molecule has 3 saturated carbocycles. The molecular formula is C35H52O10. The third-order valence-corrected chi connectivity index (χ3v) is 12.3. The van der Waals surface area contributed by atoms with Crippen molar-refractivity contribution in [3.05, 3.63) is 11.6 Å². The summed E-state index contributed by atoms with van der Waals surface area (Å²) < 4.78 is 36.1. The van der Waals surface area contributed by atoms with Crippen LogP contribution in [0.4, 0.5) is 0 Å². The smallest absolute Gasteiger partial charge is 0.306 e. The number of hydrogen-bond acceptors (Lipinski definition) is 10. The molecule has 0 bridgehead atoms. The van der Waals surface area contributed by atoms with Crippen LogP contribution >= 0.6 is 0 Å². The Labute approximate surface area is 266 Å². The summed E-state index contributed by atoms with van der Waals surface area (Å²) in [5.41, 5.74) is 0.655. The van der Waals surface area contributed by atoms with Crippen LogP contribution in [0, 0.1) is 47.3 Å². The normalized spacial score (nSPS) is 48.5. The number of fused-ring (bicyclic) bond motifs is 8. The monoisotopic (exact) mass is 632 g/mol. The van der Waals surface area contributed by atoms with Gasteiger partial charge in [0.25, 0.3) is 0 Å². The number of cyclic esters (lactones) is 1. The van der Waals surface area contributed by atoms with Crippen LogP contribution < -0.4 is 0 Å². The van der Waals surface area contributed by atoms with Gasteiger partial charge in [0.05, 0.1) is 24.7 Å². The summed E-state index contributed by atoms with van der Waals surface area (Å²) in [5.74, 6) is -0.542. The highest BCUT2D eigenvalue weighted by Gasteiger charge is 2.64. The molecule has 5 fully saturated rings. The molecule has 252 valence electrons. The average molecular weight is 633 g/mol. The summed E-state index contributed by atoms with van der Waals surface area (Å²) in [6.45, 7) is 5.76. The maximum Gasteiger partial charge on any atom is 0.306 e. The zero-order chi connectivity index (χ0) is 32.2. The predicted molar refractivity (Wildman–Crippen MR) is 162 cm³/mol. The van der Waals surface area contributed by atoms with Gasteiger partial charge in [0.1, 0.15) is 30.2 Å². The lowest BCUT2D eigenvalue weighted by Gasteiger charge is -2.54. The maximum absolute atomic E-state index is 14.0. The summed E-state index contributed by atoms with van der Waals surface area (Å²) >= 11 is 0. The SMILES string of the molecule is CC[C@H]1CCC[C@H](O)[C@@H](C)C(=O)C2=C[C@H]3[C@@H]4C[C@H](O[C@@H]5OC(C)[C@H](OC)C(OC)[C@@H]5OC)C[C@H]4[C@@H]4C(=O)C[C@@H]4[C@H]3[C@@H]2CC(=O)O1. The molecule has 0 radical (unpaired) electrons. The van der Waals surface area contributed by atoms with E-state index in [1.54, 1.807) is 21.3 Å². The molecule has 2 aliphatic heterocycles. The molecule has 10 nitrogen and oxygen atoms in total. The Morgan fingerprint density at radius 1 is 0.911 bits per heavy atom. The van der Waals surface area contributed by atoms with Gasteiger partial charge in [0.15, 0.2) is 12.1 Å². The lowest BCUT2D eigenvalue weighted by Crippen LogP contribution is -2.59. The molecule has 45 heavy (non-hydrogen) atoms. The Balaban J connectivity index is 1.27. The van der Waals surface area contributed by atoms with Crippen molar-refractivity contribution in [3.8, 4) is 0 Å². The maximum atomic E-state index is 14.0.